The quantitative estimate of drug-likeness (QED) is 0.670. The van der Waals surface area contributed by atoms with Crippen LogP contribution in [0.25, 0.3) is 0 Å². The minimum atomic E-state index is 0.116. The van der Waals surface area contributed by atoms with Gasteiger partial charge in [-0.25, -0.2) is 0 Å². The summed E-state index contributed by atoms with van der Waals surface area (Å²) in [5, 5.41) is 0. The van der Waals surface area contributed by atoms with Crippen LogP contribution >= 0.6 is 0 Å². The van der Waals surface area contributed by atoms with Crippen molar-refractivity contribution in [3.8, 4) is 5.75 Å². The van der Waals surface area contributed by atoms with Crippen molar-refractivity contribution in [2.45, 2.75) is 24.9 Å². The minimum Gasteiger partial charge on any atom is -0.497 e. The Morgan fingerprint density at radius 1 is 0.966 bits per heavy atom. The Kier molecular flexibility index (Phi) is 4.68. The number of nitrogens with zero attached hydrogens (tertiary/aromatic N) is 4. The van der Waals surface area contributed by atoms with Crippen LogP contribution in [0.1, 0.15) is 23.2 Å². The predicted molar refractivity (Wildman–Crippen MR) is 114 cm³/mol. The fourth-order valence-electron chi connectivity index (χ4n) is 4.84. The van der Waals surface area contributed by atoms with Gasteiger partial charge in [-0.2, -0.15) is 0 Å². The van der Waals surface area contributed by atoms with Gasteiger partial charge in [0, 0.05) is 50.2 Å². The third-order valence-corrected chi connectivity index (χ3v) is 6.22. The first-order chi connectivity index (χ1) is 14.3. The summed E-state index contributed by atoms with van der Waals surface area (Å²) in [6, 6.07) is 16.9. The van der Waals surface area contributed by atoms with Crippen molar-refractivity contribution in [1.82, 2.24) is 14.9 Å². The summed E-state index contributed by atoms with van der Waals surface area (Å²) in [7, 11) is 1.71. The van der Waals surface area contributed by atoms with Gasteiger partial charge in [-0.3, -0.25) is 14.9 Å². The Morgan fingerprint density at radius 3 is 2.62 bits per heavy atom. The van der Waals surface area contributed by atoms with Gasteiger partial charge in [-0.15, -0.1) is 0 Å². The van der Waals surface area contributed by atoms with Gasteiger partial charge in [-0.05, 0) is 54.4 Å². The standard InChI is InChI=1S/C24H26N4O/c1-29-21-8-6-19(7-9-21)15-27-13-10-24(17-27)18-28(16-20-4-2-11-25-14-20)22-5-3-12-26-23(22)24/h2-9,11-12,14H,10,13,15-18H2,1H3. The Morgan fingerprint density at radius 2 is 1.83 bits per heavy atom. The van der Waals surface area contributed by atoms with Crippen LogP contribution in [0.2, 0.25) is 0 Å². The molecule has 1 atom stereocenters. The lowest BCUT2D eigenvalue weighted by atomic mass is 9.85. The second kappa shape index (κ2) is 7.48. The molecule has 0 saturated carbocycles. The molecular weight excluding hydrogens is 360 g/mol. The zero-order chi connectivity index (χ0) is 19.7. The lowest BCUT2D eigenvalue weighted by Crippen LogP contribution is -2.36. The zero-order valence-corrected chi connectivity index (χ0v) is 16.8. The number of aromatic nitrogens is 2. The molecule has 5 nitrogen and oxygen atoms in total. The average molecular weight is 386 g/mol. The Balaban J connectivity index is 1.35. The topological polar surface area (TPSA) is 41.5 Å². The molecule has 0 aliphatic carbocycles. The summed E-state index contributed by atoms with van der Waals surface area (Å²) in [4.78, 5) is 14.2. The summed E-state index contributed by atoms with van der Waals surface area (Å²) in [6.45, 7) is 5.02. The molecule has 148 valence electrons. The van der Waals surface area contributed by atoms with E-state index < -0.39 is 0 Å². The van der Waals surface area contributed by atoms with Crippen molar-refractivity contribution < 1.29 is 4.74 Å². The SMILES string of the molecule is COc1ccc(CN2CCC3(C2)CN(Cc2cccnc2)c2cccnc23)cc1. The first-order valence-electron chi connectivity index (χ1n) is 10.2. The number of fused-ring (bicyclic) bond motifs is 2. The first-order valence-corrected chi connectivity index (χ1v) is 10.2. The van der Waals surface area contributed by atoms with E-state index in [2.05, 4.69) is 45.1 Å². The molecule has 2 aromatic heterocycles. The van der Waals surface area contributed by atoms with Crippen LogP contribution in [0.15, 0.2) is 67.1 Å². The first kappa shape index (κ1) is 18.1. The van der Waals surface area contributed by atoms with Crippen molar-refractivity contribution in [2.24, 2.45) is 0 Å². The highest BCUT2D eigenvalue weighted by atomic mass is 16.5. The van der Waals surface area contributed by atoms with Crippen LogP contribution in [0.4, 0.5) is 5.69 Å². The summed E-state index contributed by atoms with van der Waals surface area (Å²) in [5.74, 6) is 0.909. The third kappa shape index (κ3) is 3.47. The molecule has 1 saturated heterocycles. The van der Waals surface area contributed by atoms with Crippen molar-refractivity contribution in [3.63, 3.8) is 0 Å². The van der Waals surface area contributed by atoms with E-state index in [0.717, 1.165) is 44.9 Å². The maximum absolute atomic E-state index is 5.28. The monoisotopic (exact) mass is 386 g/mol. The van der Waals surface area contributed by atoms with Gasteiger partial charge in [0.25, 0.3) is 0 Å². The molecule has 5 rings (SSSR count). The molecule has 2 aliphatic rings. The van der Waals surface area contributed by atoms with E-state index in [1.54, 1.807) is 7.11 Å². The van der Waals surface area contributed by atoms with Crippen LogP contribution in [0.3, 0.4) is 0 Å². The Labute approximate surface area is 172 Å². The van der Waals surface area contributed by atoms with Crippen LogP contribution in [0, 0.1) is 0 Å². The molecule has 3 aromatic rings. The van der Waals surface area contributed by atoms with E-state index in [1.165, 1.54) is 22.5 Å². The van der Waals surface area contributed by atoms with E-state index in [-0.39, 0.29) is 5.41 Å². The summed E-state index contributed by atoms with van der Waals surface area (Å²) < 4.78 is 5.28. The molecular formula is C24H26N4O. The lowest BCUT2D eigenvalue weighted by Gasteiger charge is -2.26. The normalized spacial score (nSPS) is 20.9. The lowest BCUT2D eigenvalue weighted by molar-refractivity contribution is 0.305. The second-order valence-corrected chi connectivity index (χ2v) is 8.18. The average Bonchev–Trinajstić information content (AvgIpc) is 3.31. The zero-order valence-electron chi connectivity index (χ0n) is 16.8. The van der Waals surface area contributed by atoms with Crippen molar-refractivity contribution >= 4 is 5.69 Å². The summed E-state index contributed by atoms with van der Waals surface area (Å²) >= 11 is 0. The molecule has 1 unspecified atom stereocenters. The smallest absolute Gasteiger partial charge is 0.118 e. The summed E-state index contributed by atoms with van der Waals surface area (Å²) in [5.41, 5.74) is 5.23. The van der Waals surface area contributed by atoms with Crippen LogP contribution < -0.4 is 9.64 Å². The molecule has 1 spiro atoms. The fraction of sp³-hybridized carbons (Fsp3) is 0.333. The third-order valence-electron chi connectivity index (χ3n) is 6.22. The van der Waals surface area contributed by atoms with Gasteiger partial charge >= 0.3 is 0 Å². The number of ether oxygens (including phenoxy) is 1. The maximum atomic E-state index is 5.28. The predicted octanol–water partition coefficient (Wildman–Crippen LogP) is 3.65. The van der Waals surface area contributed by atoms with E-state index in [4.69, 9.17) is 9.72 Å². The second-order valence-electron chi connectivity index (χ2n) is 8.18. The molecule has 4 heterocycles. The van der Waals surface area contributed by atoms with Gasteiger partial charge in [-0.1, -0.05) is 18.2 Å². The van der Waals surface area contributed by atoms with Crippen LogP contribution in [-0.2, 0) is 18.5 Å². The number of likely N-dealkylation sites (tertiary alicyclic amines) is 1. The van der Waals surface area contributed by atoms with E-state index >= 15 is 0 Å². The van der Waals surface area contributed by atoms with E-state index in [0.29, 0.717) is 0 Å². The van der Waals surface area contributed by atoms with E-state index in [1.807, 2.05) is 36.8 Å². The largest absolute Gasteiger partial charge is 0.497 e. The maximum Gasteiger partial charge on any atom is 0.118 e. The fourth-order valence-corrected chi connectivity index (χ4v) is 4.84. The number of benzene rings is 1. The Hall–Kier alpha value is -2.92. The molecule has 29 heavy (non-hydrogen) atoms. The van der Waals surface area contributed by atoms with Gasteiger partial charge < -0.3 is 9.64 Å². The molecule has 0 N–H and O–H groups in total. The number of hydrogen-bond donors (Lipinski definition) is 0. The molecule has 1 aromatic carbocycles. The van der Waals surface area contributed by atoms with Crippen molar-refractivity contribution in [2.75, 3.05) is 31.6 Å². The molecule has 0 bridgehead atoms. The molecule has 5 heteroatoms. The van der Waals surface area contributed by atoms with Gasteiger partial charge in [0.2, 0.25) is 0 Å². The van der Waals surface area contributed by atoms with E-state index in [9.17, 15) is 0 Å². The summed E-state index contributed by atoms with van der Waals surface area (Å²) in [6.07, 6.45) is 6.89. The molecule has 0 radical (unpaired) electrons. The Bertz CT molecular complexity index is 976. The van der Waals surface area contributed by atoms with Crippen molar-refractivity contribution in [1.29, 1.82) is 0 Å². The van der Waals surface area contributed by atoms with Crippen LogP contribution in [0.5, 0.6) is 5.75 Å². The molecule has 1 fully saturated rings. The van der Waals surface area contributed by atoms with Gasteiger partial charge in [0.15, 0.2) is 0 Å². The highest BCUT2D eigenvalue weighted by Crippen LogP contribution is 2.45. The number of rotatable bonds is 5. The molecule has 0 amide bonds. The minimum absolute atomic E-state index is 0.116. The number of methoxy groups -OCH3 is 1. The highest BCUT2D eigenvalue weighted by molar-refractivity contribution is 5.60. The number of anilines is 1. The van der Waals surface area contributed by atoms with Gasteiger partial charge in [0.1, 0.15) is 5.75 Å². The number of hydrogen-bond acceptors (Lipinski definition) is 5. The van der Waals surface area contributed by atoms with Crippen molar-refractivity contribution in [3.05, 3.63) is 83.9 Å². The number of pyridine rings is 2. The molecule has 2 aliphatic heterocycles. The highest BCUT2D eigenvalue weighted by Gasteiger charge is 2.48. The van der Waals surface area contributed by atoms with Crippen LogP contribution in [-0.4, -0.2) is 41.6 Å². The van der Waals surface area contributed by atoms with Gasteiger partial charge in [0.05, 0.1) is 18.5 Å².